The fraction of sp³-hybridized carbons (Fsp3) is 0.0909. The van der Waals surface area contributed by atoms with Gasteiger partial charge < -0.3 is 4.44 Å². The summed E-state index contributed by atoms with van der Waals surface area (Å²) in [4.78, 5) is 0. The van der Waals surface area contributed by atoms with Gasteiger partial charge in [-0.15, -0.1) is 6.58 Å². The topological polar surface area (TPSA) is 3.24 Å². The standard InChI is InChI=1S/C22H20F3NP2/c1-2-9-17-14-15-21(20(16-17)22(23,24)25)26(27-18-10-5-3-6-11-18)28-19-12-7-4-8-13-19/h2-8,10-16,27-28H,1,9H2. The summed E-state index contributed by atoms with van der Waals surface area (Å²) in [6, 6.07) is 23.8. The molecule has 0 aliphatic rings. The van der Waals surface area contributed by atoms with E-state index in [9.17, 15) is 13.2 Å². The molecule has 0 aliphatic carbocycles. The quantitative estimate of drug-likeness (QED) is 0.333. The molecule has 0 N–H and O–H groups in total. The molecule has 6 heteroatoms. The highest BCUT2D eigenvalue weighted by atomic mass is 31.1. The number of alkyl halides is 3. The molecule has 2 atom stereocenters. The van der Waals surface area contributed by atoms with E-state index in [4.69, 9.17) is 0 Å². The SMILES string of the molecule is C=CCc1ccc(N(Pc2ccccc2)Pc2ccccc2)c(C(F)(F)F)c1. The van der Waals surface area contributed by atoms with Crippen molar-refractivity contribution in [3.8, 4) is 0 Å². The van der Waals surface area contributed by atoms with Crippen LogP contribution in [0.15, 0.2) is 91.5 Å². The normalized spacial score (nSPS) is 12.1. The van der Waals surface area contributed by atoms with E-state index in [1.165, 1.54) is 6.07 Å². The molecule has 0 spiro atoms. The van der Waals surface area contributed by atoms with E-state index in [2.05, 4.69) is 6.58 Å². The Morgan fingerprint density at radius 3 is 1.82 bits per heavy atom. The molecule has 3 rings (SSSR count). The van der Waals surface area contributed by atoms with Gasteiger partial charge in [-0.3, -0.25) is 0 Å². The second kappa shape index (κ2) is 9.37. The lowest BCUT2D eigenvalue weighted by atomic mass is 10.1. The van der Waals surface area contributed by atoms with Gasteiger partial charge in [-0.05, 0) is 34.7 Å². The van der Waals surface area contributed by atoms with Crippen LogP contribution in [0.25, 0.3) is 0 Å². The summed E-state index contributed by atoms with van der Waals surface area (Å²) in [5.41, 5.74) is 0.223. The second-order valence-electron chi connectivity index (χ2n) is 6.13. The maximum atomic E-state index is 13.9. The first-order valence-electron chi connectivity index (χ1n) is 8.72. The summed E-state index contributed by atoms with van der Waals surface area (Å²) in [6.45, 7) is 3.63. The van der Waals surface area contributed by atoms with E-state index in [1.807, 2.05) is 65.1 Å². The Balaban J connectivity index is 2.04. The van der Waals surface area contributed by atoms with Gasteiger partial charge in [0.2, 0.25) is 0 Å². The van der Waals surface area contributed by atoms with Crippen LogP contribution in [0.5, 0.6) is 0 Å². The van der Waals surface area contributed by atoms with E-state index in [0.29, 0.717) is 12.0 Å². The molecule has 28 heavy (non-hydrogen) atoms. The van der Waals surface area contributed by atoms with Gasteiger partial charge in [0, 0.05) is 17.5 Å². The van der Waals surface area contributed by atoms with E-state index in [1.54, 1.807) is 18.2 Å². The van der Waals surface area contributed by atoms with E-state index >= 15 is 0 Å². The lowest BCUT2D eigenvalue weighted by Gasteiger charge is -2.28. The summed E-state index contributed by atoms with van der Waals surface area (Å²) in [5, 5.41) is 1.99. The number of nitrogens with zero attached hydrogens (tertiary/aromatic N) is 1. The highest BCUT2D eigenvalue weighted by Crippen LogP contribution is 2.45. The number of allylic oxidation sites excluding steroid dienone is 1. The second-order valence-corrected chi connectivity index (χ2v) is 9.08. The van der Waals surface area contributed by atoms with Gasteiger partial charge in [0.15, 0.2) is 0 Å². The van der Waals surface area contributed by atoms with Gasteiger partial charge in [-0.2, -0.15) is 13.2 Å². The number of hydrogen-bond acceptors (Lipinski definition) is 1. The van der Waals surface area contributed by atoms with Crippen LogP contribution in [0.4, 0.5) is 18.9 Å². The fourth-order valence-electron chi connectivity index (χ4n) is 2.73. The molecular weight excluding hydrogens is 397 g/mol. The summed E-state index contributed by atoms with van der Waals surface area (Å²) in [6.07, 6.45) is -2.40. The van der Waals surface area contributed by atoms with Crippen molar-refractivity contribution in [1.82, 2.24) is 0 Å². The first kappa shape index (κ1) is 20.6. The van der Waals surface area contributed by atoms with Crippen LogP contribution in [0, 0.1) is 0 Å². The van der Waals surface area contributed by atoms with Crippen LogP contribution in [0.3, 0.4) is 0 Å². The van der Waals surface area contributed by atoms with Crippen LogP contribution in [-0.4, -0.2) is 0 Å². The molecule has 0 bridgehead atoms. The fourth-order valence-corrected chi connectivity index (χ4v) is 5.56. The van der Waals surface area contributed by atoms with Gasteiger partial charge in [0.05, 0.1) is 11.3 Å². The Morgan fingerprint density at radius 2 is 1.36 bits per heavy atom. The van der Waals surface area contributed by atoms with Crippen molar-refractivity contribution in [1.29, 1.82) is 0 Å². The highest BCUT2D eigenvalue weighted by molar-refractivity contribution is 7.67. The van der Waals surface area contributed by atoms with Crippen molar-refractivity contribution in [3.63, 3.8) is 0 Å². The van der Waals surface area contributed by atoms with E-state index in [-0.39, 0.29) is 23.2 Å². The first-order chi connectivity index (χ1) is 13.5. The van der Waals surface area contributed by atoms with Gasteiger partial charge in [-0.1, -0.05) is 72.8 Å². The Labute approximate surface area is 167 Å². The number of anilines is 1. The third-order valence-electron chi connectivity index (χ3n) is 4.02. The van der Waals surface area contributed by atoms with Crippen LogP contribution in [0.2, 0.25) is 0 Å². The molecule has 3 aromatic carbocycles. The summed E-state index contributed by atoms with van der Waals surface area (Å²) >= 11 is 0. The number of halogens is 3. The number of hydrogen-bond donors (Lipinski definition) is 0. The van der Waals surface area contributed by atoms with Crippen LogP contribution in [0.1, 0.15) is 11.1 Å². The van der Waals surface area contributed by atoms with Crippen LogP contribution < -0.4 is 15.1 Å². The number of rotatable bonds is 7. The molecular formula is C22H20F3NP2. The van der Waals surface area contributed by atoms with E-state index in [0.717, 1.165) is 10.6 Å². The molecule has 0 heterocycles. The third-order valence-corrected chi connectivity index (χ3v) is 6.80. The molecule has 0 saturated heterocycles. The zero-order valence-electron chi connectivity index (χ0n) is 15.1. The van der Waals surface area contributed by atoms with Crippen molar-refractivity contribution in [2.45, 2.75) is 12.6 Å². The minimum Gasteiger partial charge on any atom is -0.326 e. The Hall–Kier alpha value is -2.15. The third kappa shape index (κ3) is 5.44. The molecule has 3 aromatic rings. The van der Waals surface area contributed by atoms with Gasteiger partial charge in [0.25, 0.3) is 0 Å². The molecule has 0 aromatic heterocycles. The summed E-state index contributed by atoms with van der Waals surface area (Å²) in [5.74, 6) is 0. The molecule has 144 valence electrons. The molecule has 0 radical (unpaired) electrons. The zero-order valence-corrected chi connectivity index (χ0v) is 17.1. The van der Waals surface area contributed by atoms with Gasteiger partial charge in [0.1, 0.15) is 0 Å². The van der Waals surface area contributed by atoms with Gasteiger partial charge >= 0.3 is 6.18 Å². The Kier molecular flexibility index (Phi) is 6.88. The lowest BCUT2D eigenvalue weighted by molar-refractivity contribution is -0.137. The maximum Gasteiger partial charge on any atom is 0.418 e. The Bertz CT molecular complexity index is 871. The number of benzene rings is 3. The minimum absolute atomic E-state index is 0.0973. The molecule has 0 aliphatic heterocycles. The molecule has 1 nitrogen and oxygen atoms in total. The predicted octanol–water partition coefficient (Wildman–Crippen LogP) is 6.08. The smallest absolute Gasteiger partial charge is 0.326 e. The van der Waals surface area contributed by atoms with Crippen molar-refractivity contribution < 1.29 is 13.2 Å². The van der Waals surface area contributed by atoms with Crippen molar-refractivity contribution >= 4 is 33.8 Å². The van der Waals surface area contributed by atoms with Crippen LogP contribution >= 0.6 is 17.5 Å². The van der Waals surface area contributed by atoms with Crippen molar-refractivity contribution in [2.24, 2.45) is 0 Å². The predicted molar refractivity (Wildman–Crippen MR) is 117 cm³/mol. The average molecular weight is 417 g/mol. The highest BCUT2D eigenvalue weighted by Gasteiger charge is 2.35. The van der Waals surface area contributed by atoms with Gasteiger partial charge in [-0.25, -0.2) is 0 Å². The maximum absolute atomic E-state index is 13.9. The van der Waals surface area contributed by atoms with Crippen molar-refractivity contribution in [3.05, 3.63) is 103 Å². The minimum atomic E-state index is -4.42. The molecule has 0 amide bonds. The van der Waals surface area contributed by atoms with E-state index < -0.39 is 11.7 Å². The first-order valence-corrected chi connectivity index (χ1v) is 10.6. The zero-order chi connectivity index (χ0) is 20.0. The lowest BCUT2D eigenvalue weighted by Crippen LogP contribution is -2.16. The molecule has 2 unspecified atom stereocenters. The monoisotopic (exact) mass is 417 g/mol. The summed E-state index contributed by atoms with van der Waals surface area (Å²) in [7, 11) is 0.195. The molecule has 0 saturated carbocycles. The largest absolute Gasteiger partial charge is 0.418 e. The van der Waals surface area contributed by atoms with Crippen molar-refractivity contribution in [2.75, 3.05) is 4.44 Å². The average Bonchev–Trinajstić information content (AvgIpc) is 2.69. The van der Waals surface area contributed by atoms with Crippen LogP contribution in [-0.2, 0) is 12.6 Å². The molecule has 0 fully saturated rings. The Morgan fingerprint density at radius 1 is 0.821 bits per heavy atom. The summed E-state index contributed by atoms with van der Waals surface area (Å²) < 4.78 is 43.4.